The summed E-state index contributed by atoms with van der Waals surface area (Å²) in [4.78, 5) is 14.9. The highest BCUT2D eigenvalue weighted by Gasteiger charge is 2.32. The zero-order chi connectivity index (χ0) is 20.4. The van der Waals surface area contributed by atoms with Gasteiger partial charge in [0.2, 0.25) is 5.95 Å². The molecule has 0 spiro atoms. The second kappa shape index (κ2) is 7.79. The minimum absolute atomic E-state index is 0.0192. The molecule has 3 aromatic rings. The zero-order valence-corrected chi connectivity index (χ0v) is 15.6. The van der Waals surface area contributed by atoms with Gasteiger partial charge in [-0.1, -0.05) is 12.1 Å². The molecule has 0 radical (unpaired) electrons. The molecule has 2 aromatic heterocycles. The molecule has 8 heteroatoms. The molecule has 1 aliphatic heterocycles. The van der Waals surface area contributed by atoms with E-state index >= 15 is 0 Å². The molecule has 3 heterocycles. The number of likely N-dealkylation sites (tertiary alicyclic amines) is 1. The Labute approximate surface area is 166 Å². The van der Waals surface area contributed by atoms with E-state index in [0.29, 0.717) is 11.1 Å². The maximum atomic E-state index is 12.9. The summed E-state index contributed by atoms with van der Waals surface area (Å²) < 4.78 is 38.7. The average molecular weight is 399 g/mol. The van der Waals surface area contributed by atoms with Crippen molar-refractivity contribution in [2.45, 2.75) is 31.6 Å². The number of rotatable bonds is 4. The number of hydrogen-bond acceptors (Lipinski definition) is 5. The van der Waals surface area contributed by atoms with Gasteiger partial charge in [-0.25, -0.2) is 9.97 Å². The monoisotopic (exact) mass is 399 g/mol. The zero-order valence-electron chi connectivity index (χ0n) is 15.6. The Balaban J connectivity index is 1.68. The van der Waals surface area contributed by atoms with Crippen molar-refractivity contribution < 1.29 is 13.2 Å². The summed E-state index contributed by atoms with van der Waals surface area (Å²) >= 11 is 0. The lowest BCUT2D eigenvalue weighted by molar-refractivity contribution is -0.137. The topological polar surface area (TPSA) is 67.9 Å². The van der Waals surface area contributed by atoms with Crippen LogP contribution < -0.4 is 5.73 Å². The number of hydrogen-bond donors (Lipinski definition) is 1. The summed E-state index contributed by atoms with van der Waals surface area (Å²) in [7, 11) is 0. The highest BCUT2D eigenvalue weighted by atomic mass is 19.4. The summed E-state index contributed by atoms with van der Waals surface area (Å²) in [5.41, 5.74) is 8.42. The van der Waals surface area contributed by atoms with Gasteiger partial charge in [0.15, 0.2) is 0 Å². The van der Waals surface area contributed by atoms with Gasteiger partial charge < -0.3 is 5.73 Å². The number of anilines is 1. The van der Waals surface area contributed by atoms with Crippen LogP contribution in [0.4, 0.5) is 19.1 Å². The quantitative estimate of drug-likeness (QED) is 0.701. The standard InChI is InChI=1S/C21H20F3N5/c22-21(23,24)16-5-3-15(4-6-16)17-12-27-20(25)28-19(17)18-2-1-11-29(18)13-14-7-9-26-10-8-14/h3-10,12,18H,1-2,11,13H2,(H2,25,27,28)/t18-/m0/s1. The van der Waals surface area contributed by atoms with Crippen molar-refractivity contribution in [1.29, 1.82) is 0 Å². The van der Waals surface area contributed by atoms with Crippen LogP contribution in [0, 0.1) is 0 Å². The fourth-order valence-electron chi connectivity index (χ4n) is 3.77. The van der Waals surface area contributed by atoms with Gasteiger partial charge in [-0.05, 0) is 54.8 Å². The van der Waals surface area contributed by atoms with Gasteiger partial charge in [-0.3, -0.25) is 9.88 Å². The summed E-state index contributed by atoms with van der Waals surface area (Å²) in [5, 5.41) is 0. The molecule has 1 saturated heterocycles. The maximum absolute atomic E-state index is 12.9. The molecule has 0 aliphatic carbocycles. The molecule has 4 rings (SSSR count). The molecular formula is C21H20F3N5. The van der Waals surface area contributed by atoms with E-state index in [2.05, 4.69) is 19.9 Å². The number of nitrogen functional groups attached to an aromatic ring is 1. The number of nitrogens with two attached hydrogens (primary N) is 1. The first-order chi connectivity index (χ1) is 13.9. The molecule has 1 fully saturated rings. The number of benzene rings is 1. The second-order valence-electron chi connectivity index (χ2n) is 7.09. The highest BCUT2D eigenvalue weighted by Crippen LogP contribution is 2.38. The molecule has 0 bridgehead atoms. The van der Waals surface area contributed by atoms with E-state index in [4.69, 9.17) is 5.73 Å². The lowest BCUT2D eigenvalue weighted by atomic mass is 9.98. The van der Waals surface area contributed by atoms with Gasteiger partial charge in [0.1, 0.15) is 0 Å². The van der Waals surface area contributed by atoms with Crippen LogP contribution in [0.15, 0.2) is 55.0 Å². The lowest BCUT2D eigenvalue weighted by Gasteiger charge is -2.26. The van der Waals surface area contributed by atoms with Crippen LogP contribution in [0.3, 0.4) is 0 Å². The van der Waals surface area contributed by atoms with Crippen LogP contribution in [0.1, 0.15) is 35.7 Å². The Morgan fingerprint density at radius 2 is 1.79 bits per heavy atom. The van der Waals surface area contributed by atoms with Crippen LogP contribution in [0.25, 0.3) is 11.1 Å². The van der Waals surface area contributed by atoms with E-state index in [1.807, 2.05) is 12.1 Å². The molecule has 0 saturated carbocycles. The van der Waals surface area contributed by atoms with Crippen molar-refractivity contribution in [1.82, 2.24) is 19.9 Å². The molecule has 1 atom stereocenters. The van der Waals surface area contributed by atoms with Crippen molar-refractivity contribution >= 4 is 5.95 Å². The smallest absolute Gasteiger partial charge is 0.368 e. The first kappa shape index (κ1) is 19.3. The summed E-state index contributed by atoms with van der Waals surface area (Å²) in [5.74, 6) is 0.159. The number of alkyl halides is 3. The summed E-state index contributed by atoms with van der Waals surface area (Å²) in [6, 6.07) is 9.05. The first-order valence-corrected chi connectivity index (χ1v) is 9.35. The molecular weight excluding hydrogens is 379 g/mol. The van der Waals surface area contributed by atoms with E-state index in [0.717, 1.165) is 49.3 Å². The van der Waals surface area contributed by atoms with E-state index < -0.39 is 11.7 Å². The number of aromatic nitrogens is 3. The molecule has 0 unspecified atom stereocenters. The highest BCUT2D eigenvalue weighted by molar-refractivity contribution is 5.66. The van der Waals surface area contributed by atoms with Crippen LogP contribution in [-0.2, 0) is 12.7 Å². The van der Waals surface area contributed by atoms with E-state index in [9.17, 15) is 13.2 Å². The third-order valence-corrected chi connectivity index (χ3v) is 5.17. The average Bonchev–Trinajstić information content (AvgIpc) is 3.16. The van der Waals surface area contributed by atoms with E-state index in [-0.39, 0.29) is 12.0 Å². The van der Waals surface area contributed by atoms with Crippen LogP contribution in [-0.4, -0.2) is 26.4 Å². The Morgan fingerprint density at radius 1 is 1.07 bits per heavy atom. The van der Waals surface area contributed by atoms with Gasteiger partial charge in [0.05, 0.1) is 17.3 Å². The third-order valence-electron chi connectivity index (χ3n) is 5.17. The van der Waals surface area contributed by atoms with Crippen molar-refractivity contribution in [3.8, 4) is 11.1 Å². The number of pyridine rings is 1. The van der Waals surface area contributed by atoms with E-state index in [1.54, 1.807) is 18.6 Å². The second-order valence-corrected chi connectivity index (χ2v) is 7.09. The Hall–Kier alpha value is -3.00. The maximum Gasteiger partial charge on any atom is 0.416 e. The van der Waals surface area contributed by atoms with Gasteiger partial charge in [-0.15, -0.1) is 0 Å². The van der Waals surface area contributed by atoms with Gasteiger partial charge in [-0.2, -0.15) is 13.2 Å². The Bertz CT molecular complexity index is 974. The summed E-state index contributed by atoms with van der Waals surface area (Å²) in [6.07, 6.45) is 2.66. The van der Waals surface area contributed by atoms with Gasteiger partial charge >= 0.3 is 6.18 Å². The minimum atomic E-state index is -4.37. The predicted octanol–water partition coefficient (Wildman–Crippen LogP) is 4.48. The van der Waals surface area contributed by atoms with Crippen molar-refractivity contribution in [2.24, 2.45) is 0 Å². The molecule has 2 N–H and O–H groups in total. The molecule has 1 aromatic carbocycles. The molecule has 29 heavy (non-hydrogen) atoms. The van der Waals surface area contributed by atoms with Gasteiger partial charge in [0, 0.05) is 30.7 Å². The lowest BCUT2D eigenvalue weighted by Crippen LogP contribution is -2.24. The number of nitrogens with zero attached hydrogens (tertiary/aromatic N) is 4. The third kappa shape index (κ3) is 4.22. The van der Waals surface area contributed by atoms with E-state index in [1.165, 1.54) is 12.1 Å². The van der Waals surface area contributed by atoms with Gasteiger partial charge in [0.25, 0.3) is 0 Å². The molecule has 5 nitrogen and oxygen atoms in total. The largest absolute Gasteiger partial charge is 0.416 e. The molecule has 1 aliphatic rings. The van der Waals surface area contributed by atoms with Crippen LogP contribution >= 0.6 is 0 Å². The number of halogens is 3. The summed E-state index contributed by atoms with van der Waals surface area (Å²) in [6.45, 7) is 1.65. The Morgan fingerprint density at radius 3 is 2.48 bits per heavy atom. The van der Waals surface area contributed by atoms with Crippen molar-refractivity contribution in [3.05, 3.63) is 71.8 Å². The van der Waals surface area contributed by atoms with Crippen LogP contribution in [0.2, 0.25) is 0 Å². The molecule has 0 amide bonds. The Kier molecular flexibility index (Phi) is 5.19. The predicted molar refractivity (Wildman–Crippen MR) is 104 cm³/mol. The fourth-order valence-corrected chi connectivity index (χ4v) is 3.77. The van der Waals surface area contributed by atoms with Crippen molar-refractivity contribution in [3.63, 3.8) is 0 Å². The molecule has 150 valence electrons. The SMILES string of the molecule is Nc1ncc(-c2ccc(C(F)(F)F)cc2)c([C@@H]2CCCN2Cc2ccncc2)n1. The first-order valence-electron chi connectivity index (χ1n) is 9.35. The van der Waals surface area contributed by atoms with Crippen LogP contribution in [0.5, 0.6) is 0 Å². The normalized spacial score (nSPS) is 17.6. The van der Waals surface area contributed by atoms with Crippen molar-refractivity contribution in [2.75, 3.05) is 12.3 Å². The minimum Gasteiger partial charge on any atom is -0.368 e. The fraction of sp³-hybridized carbons (Fsp3) is 0.286.